The number of nitrogens with zero attached hydrogens (tertiary/aromatic N) is 3. The van der Waals surface area contributed by atoms with Gasteiger partial charge in [0, 0.05) is 24.7 Å². The molecule has 4 rings (SSSR count). The summed E-state index contributed by atoms with van der Waals surface area (Å²) in [6, 6.07) is 6.80. The van der Waals surface area contributed by atoms with Gasteiger partial charge in [-0.05, 0) is 38.0 Å². The lowest BCUT2D eigenvalue weighted by atomic mass is 9.92. The van der Waals surface area contributed by atoms with Gasteiger partial charge >= 0.3 is 6.36 Å². The maximum Gasteiger partial charge on any atom is 0.573 e. The minimum absolute atomic E-state index is 0.151. The van der Waals surface area contributed by atoms with Crippen LogP contribution in [0, 0.1) is 0 Å². The average molecular weight is 455 g/mol. The Morgan fingerprint density at radius 3 is 2.81 bits per heavy atom. The highest BCUT2D eigenvalue weighted by molar-refractivity contribution is 6.30. The number of likely N-dealkylation sites (tertiary alicyclic amines) is 1. The molecule has 3 aromatic rings. The lowest BCUT2D eigenvalue weighted by molar-refractivity contribution is -0.274. The summed E-state index contributed by atoms with van der Waals surface area (Å²) >= 11 is 5.90. The first kappa shape index (κ1) is 21.2. The molecule has 0 saturated carbocycles. The molecule has 2 atom stereocenters. The Labute approximate surface area is 180 Å². The number of piperidine rings is 1. The number of hydrogen-bond donors (Lipinski definition) is 1. The first-order valence-corrected chi connectivity index (χ1v) is 9.92. The van der Waals surface area contributed by atoms with E-state index in [-0.39, 0.29) is 30.0 Å². The van der Waals surface area contributed by atoms with E-state index < -0.39 is 18.0 Å². The fourth-order valence-electron chi connectivity index (χ4n) is 3.61. The van der Waals surface area contributed by atoms with Crippen molar-refractivity contribution >= 4 is 17.5 Å². The van der Waals surface area contributed by atoms with Crippen molar-refractivity contribution in [3.8, 4) is 17.3 Å². The molecule has 7 nitrogen and oxygen atoms in total. The maximum absolute atomic E-state index is 13.1. The Morgan fingerprint density at radius 1 is 1.32 bits per heavy atom. The van der Waals surface area contributed by atoms with Crippen LogP contribution in [0.2, 0.25) is 5.02 Å². The Morgan fingerprint density at radius 2 is 2.10 bits per heavy atom. The first-order valence-electron chi connectivity index (χ1n) is 9.55. The summed E-state index contributed by atoms with van der Waals surface area (Å²) in [6.45, 7) is 2.09. The van der Waals surface area contributed by atoms with Crippen molar-refractivity contribution in [2.75, 3.05) is 6.54 Å². The molecule has 1 aliphatic heterocycles. The van der Waals surface area contributed by atoms with Gasteiger partial charge < -0.3 is 19.1 Å². The number of ether oxygens (including phenoxy) is 1. The van der Waals surface area contributed by atoms with E-state index in [1.807, 2.05) is 6.92 Å². The Hall–Kier alpha value is -3.01. The average Bonchev–Trinajstić information content (AvgIpc) is 3.36. The summed E-state index contributed by atoms with van der Waals surface area (Å²) in [5, 5.41) is 4.52. The number of halogens is 4. The summed E-state index contributed by atoms with van der Waals surface area (Å²) in [6.07, 6.45) is -1.97. The van der Waals surface area contributed by atoms with Gasteiger partial charge in [-0.25, -0.2) is 0 Å². The highest BCUT2D eigenvalue weighted by Crippen LogP contribution is 2.33. The molecule has 1 fully saturated rings. The molecule has 1 amide bonds. The maximum atomic E-state index is 13.1. The molecule has 0 aliphatic carbocycles. The zero-order valence-corrected chi connectivity index (χ0v) is 17.1. The fraction of sp³-hybridized carbons (Fsp3) is 0.350. The Bertz CT molecular complexity index is 1080. The SMILES string of the molecule is CC1CCC(c2noc(-c3cc(Cl)c[nH]3)n2)CN1C(=O)c1ccccc1OC(F)(F)F. The van der Waals surface area contributed by atoms with Gasteiger partial charge in [-0.2, -0.15) is 4.98 Å². The summed E-state index contributed by atoms with van der Waals surface area (Å²) in [5.41, 5.74) is 0.418. The summed E-state index contributed by atoms with van der Waals surface area (Å²) in [4.78, 5) is 22.0. The third-order valence-electron chi connectivity index (χ3n) is 5.17. The largest absolute Gasteiger partial charge is 0.573 e. The smallest absolute Gasteiger partial charge is 0.405 e. The molecule has 1 saturated heterocycles. The lowest BCUT2D eigenvalue weighted by Crippen LogP contribution is -2.45. The second kappa shape index (κ2) is 8.26. The van der Waals surface area contributed by atoms with Crippen LogP contribution in [0.4, 0.5) is 13.2 Å². The Balaban J connectivity index is 1.55. The van der Waals surface area contributed by atoms with Crippen LogP contribution in [0.3, 0.4) is 0 Å². The molecule has 1 N–H and O–H groups in total. The zero-order valence-electron chi connectivity index (χ0n) is 16.3. The van der Waals surface area contributed by atoms with Crippen LogP contribution in [0.1, 0.15) is 41.9 Å². The lowest BCUT2D eigenvalue weighted by Gasteiger charge is -2.37. The van der Waals surface area contributed by atoms with Gasteiger partial charge in [-0.1, -0.05) is 28.9 Å². The van der Waals surface area contributed by atoms with E-state index in [0.717, 1.165) is 6.07 Å². The molecule has 2 aromatic heterocycles. The molecule has 164 valence electrons. The standard InChI is InChI=1S/C20H18ClF3N4O3/c1-11-6-7-12(17-26-18(31-27-17)15-8-13(21)9-25-15)10-28(11)19(29)14-4-2-3-5-16(14)30-20(22,23)24/h2-5,8-9,11-12,25H,6-7,10H2,1H3. The first-order chi connectivity index (χ1) is 14.7. The molecular formula is C20H18ClF3N4O3. The van der Waals surface area contributed by atoms with E-state index in [2.05, 4.69) is 19.9 Å². The van der Waals surface area contributed by atoms with Gasteiger partial charge in [0.15, 0.2) is 5.82 Å². The van der Waals surface area contributed by atoms with Crippen LogP contribution >= 0.6 is 11.6 Å². The highest BCUT2D eigenvalue weighted by Gasteiger charge is 2.36. The van der Waals surface area contributed by atoms with Crippen molar-refractivity contribution in [2.45, 2.75) is 38.1 Å². The second-order valence-corrected chi connectivity index (χ2v) is 7.75. The van der Waals surface area contributed by atoms with Gasteiger partial charge in [-0.15, -0.1) is 13.2 Å². The number of carbonyl (C=O) groups excluding carboxylic acids is 1. The van der Waals surface area contributed by atoms with E-state index in [0.29, 0.717) is 29.4 Å². The Kier molecular flexibility index (Phi) is 5.65. The number of hydrogen-bond acceptors (Lipinski definition) is 5. The van der Waals surface area contributed by atoms with Crippen LogP contribution in [-0.4, -0.2) is 44.9 Å². The minimum atomic E-state index is -4.89. The van der Waals surface area contributed by atoms with Crippen molar-refractivity contribution in [3.63, 3.8) is 0 Å². The van der Waals surface area contributed by atoms with Crippen LogP contribution in [0.5, 0.6) is 5.75 Å². The number of rotatable bonds is 4. The van der Waals surface area contributed by atoms with Crippen molar-refractivity contribution in [3.05, 3.63) is 52.9 Å². The second-order valence-electron chi connectivity index (χ2n) is 7.31. The predicted molar refractivity (Wildman–Crippen MR) is 105 cm³/mol. The fourth-order valence-corrected chi connectivity index (χ4v) is 3.78. The molecule has 11 heteroatoms. The van der Waals surface area contributed by atoms with Gasteiger partial charge in [-0.3, -0.25) is 4.79 Å². The van der Waals surface area contributed by atoms with E-state index >= 15 is 0 Å². The number of carbonyl (C=O) groups is 1. The topological polar surface area (TPSA) is 84.3 Å². The van der Waals surface area contributed by atoms with Gasteiger partial charge in [0.25, 0.3) is 11.8 Å². The van der Waals surface area contributed by atoms with Crippen molar-refractivity contribution < 1.29 is 27.2 Å². The third kappa shape index (κ3) is 4.68. The number of para-hydroxylation sites is 1. The number of aromatic amines is 1. The molecule has 3 heterocycles. The molecule has 1 aromatic carbocycles. The van der Waals surface area contributed by atoms with E-state index in [1.165, 1.54) is 23.1 Å². The molecule has 31 heavy (non-hydrogen) atoms. The molecule has 0 spiro atoms. The predicted octanol–water partition coefficient (Wildman–Crippen LogP) is 5.03. The monoisotopic (exact) mass is 454 g/mol. The van der Waals surface area contributed by atoms with E-state index in [4.69, 9.17) is 16.1 Å². The number of aromatic nitrogens is 3. The van der Waals surface area contributed by atoms with Gasteiger partial charge in [0.2, 0.25) is 0 Å². The zero-order chi connectivity index (χ0) is 22.2. The number of nitrogens with one attached hydrogen (secondary N) is 1. The third-order valence-corrected chi connectivity index (χ3v) is 5.39. The molecule has 0 bridgehead atoms. The van der Waals surface area contributed by atoms with Crippen molar-refractivity contribution in [1.82, 2.24) is 20.0 Å². The van der Waals surface area contributed by atoms with E-state index in [1.54, 1.807) is 12.3 Å². The van der Waals surface area contributed by atoms with E-state index in [9.17, 15) is 18.0 Å². The number of benzene rings is 1. The van der Waals surface area contributed by atoms with Crippen molar-refractivity contribution in [1.29, 1.82) is 0 Å². The summed E-state index contributed by atoms with van der Waals surface area (Å²) in [5.74, 6) is -0.608. The molecule has 1 aliphatic rings. The number of amides is 1. The minimum Gasteiger partial charge on any atom is -0.405 e. The molecule has 2 unspecified atom stereocenters. The van der Waals surface area contributed by atoms with Crippen LogP contribution < -0.4 is 4.74 Å². The summed E-state index contributed by atoms with van der Waals surface area (Å²) in [7, 11) is 0. The number of H-pyrrole nitrogens is 1. The quantitative estimate of drug-likeness (QED) is 0.598. The van der Waals surface area contributed by atoms with Crippen LogP contribution in [-0.2, 0) is 0 Å². The molecular weight excluding hydrogens is 437 g/mol. The van der Waals surface area contributed by atoms with Crippen molar-refractivity contribution in [2.24, 2.45) is 0 Å². The molecule has 0 radical (unpaired) electrons. The highest BCUT2D eigenvalue weighted by atomic mass is 35.5. The number of alkyl halides is 3. The van der Waals surface area contributed by atoms with Crippen LogP contribution in [0.15, 0.2) is 41.1 Å². The van der Waals surface area contributed by atoms with Crippen LogP contribution in [0.25, 0.3) is 11.6 Å². The van der Waals surface area contributed by atoms with Gasteiger partial charge in [0.05, 0.1) is 10.6 Å². The summed E-state index contributed by atoms with van der Waals surface area (Å²) < 4.78 is 47.6. The van der Waals surface area contributed by atoms with Gasteiger partial charge in [0.1, 0.15) is 11.4 Å². The normalized spacial score (nSPS) is 19.5.